The zero-order chi connectivity index (χ0) is 17.3. The summed E-state index contributed by atoms with van der Waals surface area (Å²) in [5, 5.41) is -0.496. The van der Waals surface area contributed by atoms with E-state index in [2.05, 4.69) is 0 Å². The average molecular weight is 333 g/mol. The second-order valence-electron chi connectivity index (χ2n) is 5.41. The van der Waals surface area contributed by atoms with E-state index in [-0.39, 0.29) is 17.2 Å². The molecule has 1 atom stereocenters. The highest BCUT2D eigenvalue weighted by molar-refractivity contribution is 8.00. The van der Waals surface area contributed by atoms with Crippen LogP contribution in [0.4, 0.5) is 5.82 Å². The van der Waals surface area contributed by atoms with Gasteiger partial charge in [0.05, 0.1) is 5.25 Å². The molecule has 7 heteroatoms. The van der Waals surface area contributed by atoms with Crippen molar-refractivity contribution >= 4 is 23.4 Å². The van der Waals surface area contributed by atoms with Gasteiger partial charge in [-0.1, -0.05) is 17.7 Å². The summed E-state index contributed by atoms with van der Waals surface area (Å²) >= 11 is 1.35. The van der Waals surface area contributed by atoms with Crippen molar-refractivity contribution in [1.29, 1.82) is 0 Å². The van der Waals surface area contributed by atoms with Gasteiger partial charge < -0.3 is 5.73 Å². The number of anilines is 1. The second-order valence-corrected chi connectivity index (χ2v) is 6.82. The number of hydrogen-bond donors (Lipinski definition) is 1. The van der Waals surface area contributed by atoms with Crippen molar-refractivity contribution in [3.05, 3.63) is 56.2 Å². The quantitative estimate of drug-likeness (QED) is 0.674. The Morgan fingerprint density at radius 2 is 1.87 bits per heavy atom. The summed E-state index contributed by atoms with van der Waals surface area (Å²) in [5.41, 5.74) is 5.57. The molecule has 0 radical (unpaired) electrons. The van der Waals surface area contributed by atoms with Gasteiger partial charge in [0.25, 0.3) is 5.56 Å². The number of hydrogen-bond acceptors (Lipinski definition) is 5. The Kier molecular flexibility index (Phi) is 4.79. The minimum Gasteiger partial charge on any atom is -0.384 e. The van der Waals surface area contributed by atoms with Gasteiger partial charge in [0, 0.05) is 19.0 Å². The van der Waals surface area contributed by atoms with Crippen LogP contribution in [0.25, 0.3) is 0 Å². The molecule has 0 fully saturated rings. The fourth-order valence-electron chi connectivity index (χ4n) is 2.24. The summed E-state index contributed by atoms with van der Waals surface area (Å²) in [6.07, 6.45) is 0. The lowest BCUT2D eigenvalue weighted by atomic mass is 10.1. The maximum atomic E-state index is 12.7. The van der Waals surface area contributed by atoms with E-state index in [1.807, 2.05) is 31.2 Å². The van der Waals surface area contributed by atoms with Crippen LogP contribution < -0.4 is 17.0 Å². The van der Waals surface area contributed by atoms with Gasteiger partial charge in [0.15, 0.2) is 5.78 Å². The number of nitrogen functional groups attached to an aromatic ring is 1. The number of Topliss-reactive ketones (excluding diaryl/α,β-unsaturated/α-hetero) is 1. The summed E-state index contributed by atoms with van der Waals surface area (Å²) in [7, 11) is 2.77. The van der Waals surface area contributed by atoms with Crippen LogP contribution in [-0.2, 0) is 14.1 Å². The molecule has 0 amide bonds. The minimum absolute atomic E-state index is 0.0974. The van der Waals surface area contributed by atoms with E-state index in [0.717, 1.165) is 19.6 Å². The van der Waals surface area contributed by atoms with Crippen molar-refractivity contribution in [3.8, 4) is 0 Å². The van der Waals surface area contributed by atoms with Crippen molar-refractivity contribution in [3.63, 3.8) is 0 Å². The monoisotopic (exact) mass is 333 g/mol. The van der Waals surface area contributed by atoms with Crippen LogP contribution >= 0.6 is 11.8 Å². The number of nitrogens with zero attached hydrogens (tertiary/aromatic N) is 2. The molecule has 2 N–H and O–H groups in total. The molecular weight excluding hydrogens is 314 g/mol. The van der Waals surface area contributed by atoms with E-state index in [0.29, 0.717) is 0 Å². The maximum Gasteiger partial charge on any atom is 0.332 e. The highest BCUT2D eigenvalue weighted by Crippen LogP contribution is 2.26. The predicted molar refractivity (Wildman–Crippen MR) is 92.2 cm³/mol. The third-order valence-corrected chi connectivity index (χ3v) is 4.72. The zero-order valence-corrected chi connectivity index (χ0v) is 14.3. The third kappa shape index (κ3) is 3.24. The van der Waals surface area contributed by atoms with Gasteiger partial charge >= 0.3 is 5.69 Å². The SMILES string of the molecule is Cc1cccc(S[C@@H](C)C(=O)c2c(N)n(C)c(=O)n(C)c2=O)c1. The Hall–Kier alpha value is -2.28. The van der Waals surface area contributed by atoms with Crippen LogP contribution in [0.1, 0.15) is 22.8 Å². The van der Waals surface area contributed by atoms with Gasteiger partial charge in [0.1, 0.15) is 11.4 Å². The first kappa shape index (κ1) is 17.1. The number of ketones is 1. The van der Waals surface area contributed by atoms with E-state index in [9.17, 15) is 14.4 Å². The lowest BCUT2D eigenvalue weighted by Gasteiger charge is -2.14. The molecule has 0 unspecified atom stereocenters. The Balaban J connectivity index is 2.41. The molecule has 1 aromatic carbocycles. The van der Waals surface area contributed by atoms with E-state index in [1.165, 1.54) is 25.9 Å². The zero-order valence-electron chi connectivity index (χ0n) is 13.5. The minimum atomic E-state index is -0.660. The van der Waals surface area contributed by atoms with Crippen LogP contribution in [0.5, 0.6) is 0 Å². The van der Waals surface area contributed by atoms with Gasteiger partial charge in [-0.05, 0) is 26.0 Å². The summed E-state index contributed by atoms with van der Waals surface area (Å²) in [6.45, 7) is 3.69. The largest absolute Gasteiger partial charge is 0.384 e. The van der Waals surface area contributed by atoms with E-state index in [4.69, 9.17) is 5.73 Å². The topological polar surface area (TPSA) is 87.1 Å². The van der Waals surface area contributed by atoms with Crippen molar-refractivity contribution < 1.29 is 4.79 Å². The van der Waals surface area contributed by atoms with E-state index in [1.54, 1.807) is 6.92 Å². The van der Waals surface area contributed by atoms with Crippen LogP contribution in [0.3, 0.4) is 0 Å². The van der Waals surface area contributed by atoms with Gasteiger partial charge in [0.2, 0.25) is 0 Å². The highest BCUT2D eigenvalue weighted by atomic mass is 32.2. The molecule has 0 aliphatic heterocycles. The number of carbonyl (C=O) groups excluding carboxylic acids is 1. The first-order valence-corrected chi connectivity index (χ1v) is 7.95. The molecule has 0 aliphatic carbocycles. The predicted octanol–water partition coefficient (Wildman–Crippen LogP) is 1.34. The molecule has 122 valence electrons. The number of aryl methyl sites for hydroxylation is 1. The Labute approximate surface area is 137 Å². The Bertz CT molecular complexity index is 883. The molecule has 6 nitrogen and oxygen atoms in total. The molecule has 23 heavy (non-hydrogen) atoms. The van der Waals surface area contributed by atoms with Crippen molar-refractivity contribution in [1.82, 2.24) is 9.13 Å². The average Bonchev–Trinajstić information content (AvgIpc) is 2.51. The standard InChI is InChI=1S/C16H19N3O3S/c1-9-6-5-7-11(8-9)23-10(2)13(20)12-14(17)18(3)16(22)19(4)15(12)21/h5-8,10H,17H2,1-4H3/t10-/m0/s1. The first-order valence-electron chi connectivity index (χ1n) is 7.07. The van der Waals surface area contributed by atoms with Crippen molar-refractivity contribution in [2.24, 2.45) is 14.1 Å². The Morgan fingerprint density at radius 3 is 2.48 bits per heavy atom. The molecule has 0 saturated heterocycles. The molecule has 0 spiro atoms. The van der Waals surface area contributed by atoms with E-state index < -0.39 is 16.5 Å². The molecule has 0 bridgehead atoms. The lowest BCUT2D eigenvalue weighted by molar-refractivity contribution is 0.0992. The van der Waals surface area contributed by atoms with Gasteiger partial charge in [-0.15, -0.1) is 11.8 Å². The van der Waals surface area contributed by atoms with Crippen molar-refractivity contribution in [2.75, 3.05) is 5.73 Å². The highest BCUT2D eigenvalue weighted by Gasteiger charge is 2.25. The number of nitrogens with two attached hydrogens (primary N) is 1. The van der Waals surface area contributed by atoms with Crippen LogP contribution in [0.2, 0.25) is 0 Å². The molecule has 0 aliphatic rings. The maximum absolute atomic E-state index is 12.7. The van der Waals surface area contributed by atoms with E-state index >= 15 is 0 Å². The molecule has 1 heterocycles. The molecule has 0 saturated carbocycles. The van der Waals surface area contributed by atoms with Gasteiger partial charge in [-0.2, -0.15) is 0 Å². The number of aromatic nitrogens is 2. The summed E-state index contributed by atoms with van der Waals surface area (Å²) in [5.74, 6) is -0.481. The lowest BCUT2D eigenvalue weighted by Crippen LogP contribution is -2.42. The third-order valence-electron chi connectivity index (χ3n) is 3.63. The fourth-order valence-corrected chi connectivity index (χ4v) is 3.29. The fraction of sp³-hybridized carbons (Fsp3) is 0.312. The van der Waals surface area contributed by atoms with Crippen molar-refractivity contribution in [2.45, 2.75) is 24.0 Å². The molecular formula is C16H19N3O3S. The van der Waals surface area contributed by atoms with Crippen LogP contribution in [0.15, 0.2) is 38.8 Å². The molecule has 2 rings (SSSR count). The molecule has 1 aromatic heterocycles. The van der Waals surface area contributed by atoms with Crippen LogP contribution in [-0.4, -0.2) is 20.2 Å². The molecule has 2 aromatic rings. The van der Waals surface area contributed by atoms with Crippen LogP contribution in [0, 0.1) is 6.92 Å². The summed E-state index contributed by atoms with van der Waals surface area (Å²) < 4.78 is 2.01. The number of carbonyl (C=O) groups is 1. The number of benzene rings is 1. The normalized spacial score (nSPS) is 12.2. The van der Waals surface area contributed by atoms with Gasteiger partial charge in [-0.3, -0.25) is 18.7 Å². The van der Waals surface area contributed by atoms with Gasteiger partial charge in [-0.25, -0.2) is 4.79 Å². The Morgan fingerprint density at radius 1 is 1.22 bits per heavy atom. The smallest absolute Gasteiger partial charge is 0.332 e. The summed E-state index contributed by atoms with van der Waals surface area (Å²) in [4.78, 5) is 37.7. The summed E-state index contributed by atoms with van der Waals surface area (Å²) in [6, 6.07) is 7.76. The first-order chi connectivity index (χ1) is 10.7. The second kappa shape index (κ2) is 6.45. The number of thioether (sulfide) groups is 1. The number of rotatable bonds is 4.